The minimum Gasteiger partial charge on any atom is -0.378 e. The fraction of sp³-hybridized carbons (Fsp3) is 0.500. The highest BCUT2D eigenvalue weighted by Crippen LogP contribution is 2.15. The average molecular weight is 399 g/mol. The van der Waals surface area contributed by atoms with Crippen molar-refractivity contribution in [1.29, 1.82) is 0 Å². The number of hydrogen-bond donors (Lipinski definition) is 2. The molecule has 1 atom stereocenters. The van der Waals surface area contributed by atoms with E-state index in [1.165, 1.54) is 0 Å². The number of H-pyrrole nitrogens is 1. The molecule has 7 heteroatoms. The maximum Gasteiger partial charge on any atom is 0.251 e. The van der Waals surface area contributed by atoms with Crippen molar-refractivity contribution in [2.45, 2.75) is 39.7 Å². The first-order valence-electron chi connectivity index (χ1n) is 10.1. The summed E-state index contributed by atoms with van der Waals surface area (Å²) in [5, 5.41) is 3.82. The van der Waals surface area contributed by atoms with E-state index in [4.69, 9.17) is 4.74 Å². The standard InChI is InChI=1S/C22H29N3O4/c1-14(2)10-19(22(28)25-6-8-29-9-7-25)23-20(26)13-16-4-5-18-17(12-16)11-15(3)21(27)24-18/h4-5,11-12,14,19H,6-10,13H2,1-3H3,(H,23,26)(H,24,27)/t19-/m0/s1. The Morgan fingerprint density at radius 2 is 1.93 bits per heavy atom. The molecule has 1 fully saturated rings. The van der Waals surface area contributed by atoms with Gasteiger partial charge in [0, 0.05) is 24.2 Å². The molecule has 1 aromatic carbocycles. The lowest BCUT2D eigenvalue weighted by Gasteiger charge is -2.31. The number of carbonyl (C=O) groups is 2. The van der Waals surface area contributed by atoms with Crippen molar-refractivity contribution in [3.63, 3.8) is 0 Å². The molecule has 1 saturated heterocycles. The molecule has 3 rings (SSSR count). The van der Waals surface area contributed by atoms with Gasteiger partial charge in [-0.05, 0) is 48.4 Å². The minimum absolute atomic E-state index is 0.0398. The Morgan fingerprint density at radius 1 is 1.21 bits per heavy atom. The highest BCUT2D eigenvalue weighted by molar-refractivity contribution is 5.89. The van der Waals surface area contributed by atoms with E-state index in [1.807, 2.05) is 38.1 Å². The lowest BCUT2D eigenvalue weighted by molar-refractivity contribution is -0.140. The molecule has 2 heterocycles. The Labute approximate surface area is 170 Å². The van der Waals surface area contributed by atoms with E-state index in [0.717, 1.165) is 16.5 Å². The van der Waals surface area contributed by atoms with Gasteiger partial charge in [0.15, 0.2) is 0 Å². The summed E-state index contributed by atoms with van der Waals surface area (Å²) in [5.41, 5.74) is 2.10. The highest BCUT2D eigenvalue weighted by atomic mass is 16.5. The van der Waals surface area contributed by atoms with Gasteiger partial charge in [-0.2, -0.15) is 0 Å². The summed E-state index contributed by atoms with van der Waals surface area (Å²) < 4.78 is 5.32. The molecule has 2 amide bonds. The number of aromatic nitrogens is 1. The minimum atomic E-state index is -0.528. The van der Waals surface area contributed by atoms with Gasteiger partial charge in [-0.3, -0.25) is 14.4 Å². The Bertz CT molecular complexity index is 945. The van der Waals surface area contributed by atoms with Crippen LogP contribution in [0.1, 0.15) is 31.4 Å². The number of amides is 2. The van der Waals surface area contributed by atoms with Crippen LogP contribution < -0.4 is 10.9 Å². The molecule has 156 valence electrons. The predicted octanol–water partition coefficient (Wildman–Crippen LogP) is 1.77. The van der Waals surface area contributed by atoms with Gasteiger partial charge >= 0.3 is 0 Å². The molecule has 2 aromatic rings. The normalized spacial score (nSPS) is 15.5. The van der Waals surface area contributed by atoms with Crippen LogP contribution in [0, 0.1) is 12.8 Å². The van der Waals surface area contributed by atoms with Crippen molar-refractivity contribution in [3.05, 3.63) is 45.7 Å². The molecule has 0 unspecified atom stereocenters. The molecule has 0 radical (unpaired) electrons. The number of fused-ring (bicyclic) bond motifs is 1. The van der Waals surface area contributed by atoms with Crippen LogP contribution in [0.15, 0.2) is 29.1 Å². The lowest BCUT2D eigenvalue weighted by atomic mass is 10.0. The van der Waals surface area contributed by atoms with Gasteiger partial charge in [-0.25, -0.2) is 0 Å². The Balaban J connectivity index is 1.70. The summed E-state index contributed by atoms with van der Waals surface area (Å²) in [6.07, 6.45) is 0.777. The number of rotatable bonds is 6. The highest BCUT2D eigenvalue weighted by Gasteiger charge is 2.27. The largest absolute Gasteiger partial charge is 0.378 e. The van der Waals surface area contributed by atoms with Crippen LogP contribution in [-0.2, 0) is 20.7 Å². The number of benzene rings is 1. The van der Waals surface area contributed by atoms with E-state index in [-0.39, 0.29) is 29.7 Å². The van der Waals surface area contributed by atoms with Crippen molar-refractivity contribution in [2.75, 3.05) is 26.3 Å². The van der Waals surface area contributed by atoms with Crippen LogP contribution in [0.2, 0.25) is 0 Å². The molecule has 1 aromatic heterocycles. The molecule has 0 saturated carbocycles. The van der Waals surface area contributed by atoms with E-state index in [0.29, 0.717) is 38.3 Å². The molecule has 29 heavy (non-hydrogen) atoms. The number of aromatic amines is 1. The van der Waals surface area contributed by atoms with Gasteiger partial charge in [0.25, 0.3) is 5.56 Å². The molecular formula is C22H29N3O4. The number of nitrogens with zero attached hydrogens (tertiary/aromatic N) is 1. The third-order valence-electron chi connectivity index (χ3n) is 5.12. The van der Waals surface area contributed by atoms with Gasteiger partial charge in [0.2, 0.25) is 11.8 Å². The molecular weight excluding hydrogens is 370 g/mol. The van der Waals surface area contributed by atoms with E-state index in [9.17, 15) is 14.4 Å². The molecule has 0 bridgehead atoms. The van der Waals surface area contributed by atoms with Gasteiger partial charge in [-0.15, -0.1) is 0 Å². The number of morpholine rings is 1. The zero-order valence-electron chi connectivity index (χ0n) is 17.3. The van der Waals surface area contributed by atoms with Gasteiger partial charge < -0.3 is 19.9 Å². The Hall–Kier alpha value is -2.67. The fourth-order valence-corrected chi connectivity index (χ4v) is 3.60. The Kier molecular flexibility index (Phi) is 6.69. The number of aryl methyl sites for hydroxylation is 1. The monoisotopic (exact) mass is 399 g/mol. The predicted molar refractivity (Wildman–Crippen MR) is 112 cm³/mol. The molecule has 1 aliphatic heterocycles. The summed E-state index contributed by atoms with van der Waals surface area (Å²) in [5.74, 6) is 0.0607. The number of ether oxygens (including phenoxy) is 1. The number of pyridine rings is 1. The van der Waals surface area contributed by atoms with E-state index >= 15 is 0 Å². The first kappa shape index (κ1) is 21.0. The van der Waals surface area contributed by atoms with Crippen molar-refractivity contribution < 1.29 is 14.3 Å². The summed E-state index contributed by atoms with van der Waals surface area (Å²) in [6.45, 7) is 8.03. The second kappa shape index (κ2) is 9.22. The summed E-state index contributed by atoms with van der Waals surface area (Å²) in [6, 6.07) is 6.83. The maximum absolute atomic E-state index is 12.9. The maximum atomic E-state index is 12.9. The van der Waals surface area contributed by atoms with Crippen molar-refractivity contribution in [1.82, 2.24) is 15.2 Å². The topological polar surface area (TPSA) is 91.5 Å². The third-order valence-corrected chi connectivity index (χ3v) is 5.12. The second-order valence-corrected chi connectivity index (χ2v) is 8.07. The molecule has 7 nitrogen and oxygen atoms in total. The lowest BCUT2D eigenvalue weighted by Crippen LogP contribution is -2.52. The molecule has 0 aliphatic carbocycles. The quantitative estimate of drug-likeness (QED) is 0.774. The molecule has 0 spiro atoms. The second-order valence-electron chi connectivity index (χ2n) is 8.07. The van der Waals surface area contributed by atoms with E-state index in [1.54, 1.807) is 11.8 Å². The van der Waals surface area contributed by atoms with Crippen molar-refractivity contribution in [2.24, 2.45) is 5.92 Å². The first-order chi connectivity index (χ1) is 13.8. The Morgan fingerprint density at radius 3 is 2.62 bits per heavy atom. The van der Waals surface area contributed by atoms with E-state index in [2.05, 4.69) is 10.3 Å². The van der Waals surface area contributed by atoms with Crippen molar-refractivity contribution >= 4 is 22.7 Å². The number of carbonyl (C=O) groups excluding carboxylic acids is 2. The van der Waals surface area contributed by atoms with Crippen LogP contribution in [0.3, 0.4) is 0 Å². The number of hydrogen-bond acceptors (Lipinski definition) is 4. The summed E-state index contributed by atoms with van der Waals surface area (Å²) in [4.78, 5) is 41.9. The van der Waals surface area contributed by atoms with Crippen LogP contribution in [-0.4, -0.2) is 54.0 Å². The summed E-state index contributed by atoms with van der Waals surface area (Å²) >= 11 is 0. The zero-order valence-corrected chi connectivity index (χ0v) is 17.3. The third kappa shape index (κ3) is 5.44. The molecule has 2 N–H and O–H groups in total. The SMILES string of the molecule is Cc1cc2cc(CC(=O)N[C@@H](CC(C)C)C(=O)N3CCOCC3)ccc2[nH]c1=O. The zero-order chi connectivity index (χ0) is 21.0. The van der Waals surface area contributed by atoms with Crippen LogP contribution in [0.5, 0.6) is 0 Å². The van der Waals surface area contributed by atoms with Crippen LogP contribution >= 0.6 is 0 Å². The van der Waals surface area contributed by atoms with Gasteiger partial charge in [0.1, 0.15) is 6.04 Å². The van der Waals surface area contributed by atoms with Crippen LogP contribution in [0.25, 0.3) is 10.9 Å². The van der Waals surface area contributed by atoms with E-state index < -0.39 is 6.04 Å². The smallest absolute Gasteiger partial charge is 0.251 e. The van der Waals surface area contributed by atoms with Crippen molar-refractivity contribution in [3.8, 4) is 0 Å². The van der Waals surface area contributed by atoms with Gasteiger partial charge in [-0.1, -0.05) is 19.9 Å². The van der Waals surface area contributed by atoms with Crippen LogP contribution in [0.4, 0.5) is 0 Å². The first-order valence-corrected chi connectivity index (χ1v) is 10.1. The average Bonchev–Trinajstić information content (AvgIpc) is 2.68. The number of nitrogens with one attached hydrogen (secondary N) is 2. The van der Waals surface area contributed by atoms with Gasteiger partial charge in [0.05, 0.1) is 19.6 Å². The molecule has 1 aliphatic rings. The summed E-state index contributed by atoms with van der Waals surface area (Å²) in [7, 11) is 0. The fourth-order valence-electron chi connectivity index (χ4n) is 3.60.